The van der Waals surface area contributed by atoms with Crippen LogP contribution in [0.4, 0.5) is 0 Å². The van der Waals surface area contributed by atoms with Gasteiger partial charge in [-0.1, -0.05) is 17.7 Å². The zero-order chi connectivity index (χ0) is 22.9. The number of aryl methyl sites for hydroxylation is 1. The SMILES string of the molecule is COc1cccc2c1c(C(C)=O)cn2CCCN1C2CCC1CC(Oc1ccc(Cl)cc1)C2. The molecule has 2 fully saturated rings. The molecule has 2 aliphatic rings. The van der Waals surface area contributed by atoms with E-state index in [1.807, 2.05) is 42.6 Å². The molecule has 5 nitrogen and oxygen atoms in total. The number of ketones is 1. The van der Waals surface area contributed by atoms with E-state index in [-0.39, 0.29) is 11.9 Å². The van der Waals surface area contributed by atoms with E-state index in [9.17, 15) is 4.79 Å². The summed E-state index contributed by atoms with van der Waals surface area (Å²) in [6.07, 6.45) is 7.99. The molecule has 0 spiro atoms. The summed E-state index contributed by atoms with van der Waals surface area (Å²) >= 11 is 6.00. The van der Waals surface area contributed by atoms with Gasteiger partial charge in [0.05, 0.1) is 18.0 Å². The Bertz CT molecular complexity index is 1130. The molecule has 2 saturated heterocycles. The fourth-order valence-electron chi connectivity index (χ4n) is 5.76. The molecule has 3 aromatic rings. The molecule has 0 saturated carbocycles. The second-order valence-corrected chi connectivity index (χ2v) is 9.72. The van der Waals surface area contributed by atoms with Crippen LogP contribution < -0.4 is 9.47 Å². The van der Waals surface area contributed by atoms with E-state index in [1.165, 1.54) is 12.8 Å². The minimum absolute atomic E-state index is 0.0732. The Morgan fingerprint density at radius 1 is 1.06 bits per heavy atom. The first-order chi connectivity index (χ1) is 16.0. The average Bonchev–Trinajstić information content (AvgIpc) is 3.29. The van der Waals surface area contributed by atoms with Crippen LogP contribution in [0.5, 0.6) is 11.5 Å². The van der Waals surface area contributed by atoms with Crippen LogP contribution in [0.2, 0.25) is 5.02 Å². The quantitative estimate of drug-likeness (QED) is 0.383. The Labute approximate surface area is 200 Å². The maximum Gasteiger partial charge on any atom is 0.162 e. The largest absolute Gasteiger partial charge is 0.496 e. The van der Waals surface area contributed by atoms with Crippen molar-refractivity contribution in [2.24, 2.45) is 0 Å². The van der Waals surface area contributed by atoms with Gasteiger partial charge in [0.1, 0.15) is 17.6 Å². The van der Waals surface area contributed by atoms with E-state index in [2.05, 4.69) is 15.5 Å². The van der Waals surface area contributed by atoms with Crippen LogP contribution in [-0.4, -0.2) is 47.1 Å². The molecule has 0 aliphatic carbocycles. The smallest absolute Gasteiger partial charge is 0.162 e. The van der Waals surface area contributed by atoms with Crippen molar-refractivity contribution in [1.82, 2.24) is 9.47 Å². The summed E-state index contributed by atoms with van der Waals surface area (Å²) in [6.45, 7) is 3.58. The summed E-state index contributed by atoms with van der Waals surface area (Å²) in [5.41, 5.74) is 1.81. The van der Waals surface area contributed by atoms with Gasteiger partial charge >= 0.3 is 0 Å². The number of rotatable bonds is 8. The highest BCUT2D eigenvalue weighted by Crippen LogP contribution is 2.38. The number of nitrogens with zero attached hydrogens (tertiary/aromatic N) is 2. The highest BCUT2D eigenvalue weighted by atomic mass is 35.5. The van der Waals surface area contributed by atoms with Crippen molar-refractivity contribution in [3.63, 3.8) is 0 Å². The van der Waals surface area contributed by atoms with E-state index in [0.29, 0.717) is 12.1 Å². The second-order valence-electron chi connectivity index (χ2n) is 9.29. The van der Waals surface area contributed by atoms with Crippen LogP contribution in [0.3, 0.4) is 0 Å². The number of benzene rings is 2. The summed E-state index contributed by atoms with van der Waals surface area (Å²) < 4.78 is 14.0. The standard InChI is InChI=1S/C27H31ClN2O3/c1-18(31)24-17-29(25-5-3-6-26(32-2)27(24)25)13-4-14-30-20-9-10-21(30)16-23(15-20)33-22-11-7-19(28)8-12-22/h3,5-8,11-12,17,20-21,23H,4,9-10,13-16H2,1-2H3. The summed E-state index contributed by atoms with van der Waals surface area (Å²) in [5.74, 6) is 1.75. The molecule has 174 valence electrons. The van der Waals surface area contributed by atoms with Crippen molar-refractivity contribution in [2.45, 2.75) is 63.8 Å². The second kappa shape index (κ2) is 9.40. The molecular formula is C27H31ClN2O3. The van der Waals surface area contributed by atoms with Crippen LogP contribution in [0.25, 0.3) is 10.9 Å². The summed E-state index contributed by atoms with van der Waals surface area (Å²) in [5, 5.41) is 1.66. The first-order valence-corrected chi connectivity index (χ1v) is 12.3. The van der Waals surface area contributed by atoms with Gasteiger partial charge in [-0.3, -0.25) is 9.69 Å². The van der Waals surface area contributed by atoms with Gasteiger partial charge in [-0.05, 0) is 75.4 Å². The lowest BCUT2D eigenvalue weighted by atomic mass is 9.99. The van der Waals surface area contributed by atoms with E-state index in [0.717, 1.165) is 65.3 Å². The number of carbonyl (C=O) groups is 1. The van der Waals surface area contributed by atoms with Gasteiger partial charge in [0.25, 0.3) is 0 Å². The van der Waals surface area contributed by atoms with E-state index < -0.39 is 0 Å². The number of aromatic nitrogens is 1. The molecule has 0 amide bonds. The summed E-state index contributed by atoms with van der Waals surface area (Å²) in [7, 11) is 1.66. The molecule has 2 unspecified atom stereocenters. The van der Waals surface area contributed by atoms with E-state index >= 15 is 0 Å². The maximum absolute atomic E-state index is 12.2. The van der Waals surface area contributed by atoms with Crippen molar-refractivity contribution in [3.8, 4) is 11.5 Å². The fourth-order valence-corrected chi connectivity index (χ4v) is 5.88. The highest BCUT2D eigenvalue weighted by molar-refractivity contribution is 6.30. The van der Waals surface area contributed by atoms with Crippen molar-refractivity contribution < 1.29 is 14.3 Å². The Morgan fingerprint density at radius 2 is 1.79 bits per heavy atom. The molecule has 1 aromatic heterocycles. The van der Waals surface area contributed by atoms with Crippen molar-refractivity contribution in [1.29, 1.82) is 0 Å². The molecule has 2 aliphatic heterocycles. The third-order valence-electron chi connectivity index (χ3n) is 7.24. The molecular weight excluding hydrogens is 436 g/mol. The maximum atomic E-state index is 12.2. The molecule has 0 N–H and O–H groups in total. The number of carbonyl (C=O) groups excluding carboxylic acids is 1. The molecule has 3 heterocycles. The predicted octanol–water partition coefficient (Wildman–Crippen LogP) is 5.97. The van der Waals surface area contributed by atoms with Crippen molar-refractivity contribution >= 4 is 28.3 Å². The highest BCUT2D eigenvalue weighted by Gasteiger charge is 2.41. The zero-order valence-electron chi connectivity index (χ0n) is 19.3. The first-order valence-electron chi connectivity index (χ1n) is 11.9. The molecule has 0 radical (unpaired) electrons. The van der Waals surface area contributed by atoms with Gasteiger partial charge < -0.3 is 14.0 Å². The Balaban J connectivity index is 1.22. The third kappa shape index (κ3) is 4.49. The number of halogens is 1. The van der Waals surface area contributed by atoms with Crippen LogP contribution in [-0.2, 0) is 6.54 Å². The third-order valence-corrected chi connectivity index (χ3v) is 7.49. The van der Waals surface area contributed by atoms with Gasteiger partial charge in [0, 0.05) is 42.0 Å². The molecule has 5 rings (SSSR count). The number of fused-ring (bicyclic) bond motifs is 3. The van der Waals surface area contributed by atoms with E-state index in [1.54, 1.807) is 14.0 Å². The van der Waals surface area contributed by atoms with Crippen LogP contribution >= 0.6 is 11.6 Å². The molecule has 2 atom stereocenters. The van der Waals surface area contributed by atoms with E-state index in [4.69, 9.17) is 21.1 Å². The van der Waals surface area contributed by atoms with Gasteiger partial charge in [-0.25, -0.2) is 0 Å². The van der Waals surface area contributed by atoms with Crippen molar-refractivity contribution in [2.75, 3.05) is 13.7 Å². The Morgan fingerprint density at radius 3 is 2.45 bits per heavy atom. The number of hydrogen-bond donors (Lipinski definition) is 0. The molecule has 33 heavy (non-hydrogen) atoms. The van der Waals surface area contributed by atoms with Crippen LogP contribution in [0, 0.1) is 0 Å². The first kappa shape index (κ1) is 22.3. The lowest BCUT2D eigenvalue weighted by Gasteiger charge is -2.39. The minimum atomic E-state index is 0.0732. The van der Waals surface area contributed by atoms with Gasteiger partial charge in [0.2, 0.25) is 0 Å². The topological polar surface area (TPSA) is 43.7 Å². The van der Waals surface area contributed by atoms with Crippen LogP contribution in [0.15, 0.2) is 48.7 Å². The lowest BCUT2D eigenvalue weighted by molar-refractivity contribution is 0.0482. The van der Waals surface area contributed by atoms with Crippen LogP contribution in [0.1, 0.15) is 49.4 Å². The Hall–Kier alpha value is -2.50. The zero-order valence-corrected chi connectivity index (χ0v) is 20.1. The number of ether oxygens (including phenoxy) is 2. The van der Waals surface area contributed by atoms with Gasteiger partial charge in [0.15, 0.2) is 5.78 Å². The lowest BCUT2D eigenvalue weighted by Crippen LogP contribution is -2.46. The predicted molar refractivity (Wildman–Crippen MR) is 132 cm³/mol. The molecule has 2 aromatic carbocycles. The van der Waals surface area contributed by atoms with Gasteiger partial charge in [-0.15, -0.1) is 0 Å². The molecule has 6 heteroatoms. The van der Waals surface area contributed by atoms with Gasteiger partial charge in [-0.2, -0.15) is 0 Å². The molecule has 2 bridgehead atoms. The average molecular weight is 467 g/mol. The fraction of sp³-hybridized carbons (Fsp3) is 0.444. The van der Waals surface area contributed by atoms with Crippen molar-refractivity contribution in [3.05, 3.63) is 59.2 Å². The normalized spacial score (nSPS) is 22.6. The summed E-state index contributed by atoms with van der Waals surface area (Å²) in [4.78, 5) is 14.9. The number of hydrogen-bond acceptors (Lipinski definition) is 4. The monoisotopic (exact) mass is 466 g/mol. The Kier molecular flexibility index (Phi) is 6.35. The summed E-state index contributed by atoms with van der Waals surface area (Å²) in [6, 6.07) is 14.9. The number of piperidine rings is 1. The number of Topliss-reactive ketones (excluding diaryl/α,β-unsaturated/α-hetero) is 1. The minimum Gasteiger partial charge on any atom is -0.496 e. The number of methoxy groups -OCH3 is 1.